The summed E-state index contributed by atoms with van der Waals surface area (Å²) in [5.74, 6) is -0.468. The van der Waals surface area contributed by atoms with E-state index in [2.05, 4.69) is 30.7 Å². The van der Waals surface area contributed by atoms with Gasteiger partial charge in [0.15, 0.2) is 21.4 Å². The maximum Gasteiger partial charge on any atom is 0.435 e. The van der Waals surface area contributed by atoms with Crippen molar-refractivity contribution >= 4 is 42.6 Å². The maximum atomic E-state index is 13.3. The summed E-state index contributed by atoms with van der Waals surface area (Å²) in [5.41, 5.74) is 2.58. The Hall–Kier alpha value is -2.61. The van der Waals surface area contributed by atoms with E-state index >= 15 is 0 Å². The number of anilines is 1. The minimum Gasteiger partial charge on any atom is -0.413 e. The number of rotatable bonds is 4. The predicted octanol–water partition coefficient (Wildman–Crippen LogP) is 2.01. The summed E-state index contributed by atoms with van der Waals surface area (Å²) in [4.78, 5) is 25.2. The van der Waals surface area contributed by atoms with E-state index in [9.17, 15) is 26.4 Å². The van der Waals surface area contributed by atoms with Gasteiger partial charge in [-0.05, 0) is 28.1 Å². The molecule has 3 rings (SSSR count). The number of imidazole rings is 1. The molecule has 0 fully saturated rings. The number of halogens is 4. The van der Waals surface area contributed by atoms with Crippen molar-refractivity contribution in [3.05, 3.63) is 32.7 Å². The van der Waals surface area contributed by atoms with Crippen LogP contribution in [0.3, 0.4) is 0 Å². The van der Waals surface area contributed by atoms with Crippen molar-refractivity contribution in [1.29, 1.82) is 0 Å². The van der Waals surface area contributed by atoms with Gasteiger partial charge in [0.25, 0.3) is 0 Å². The maximum absolute atomic E-state index is 13.3. The van der Waals surface area contributed by atoms with Crippen LogP contribution in [0, 0.1) is 0 Å². The Labute approximate surface area is 176 Å². The second-order valence-corrected chi connectivity index (χ2v) is 9.24. The zero-order valence-electron chi connectivity index (χ0n) is 15.8. The van der Waals surface area contributed by atoms with E-state index in [1.807, 2.05) is 0 Å². The van der Waals surface area contributed by atoms with Gasteiger partial charge in [-0.3, -0.25) is 4.79 Å². The van der Waals surface area contributed by atoms with Crippen molar-refractivity contribution in [2.75, 3.05) is 18.6 Å². The first-order chi connectivity index (χ1) is 13.8. The molecule has 0 radical (unpaired) electrons. The van der Waals surface area contributed by atoms with E-state index in [1.54, 1.807) is 0 Å². The summed E-state index contributed by atoms with van der Waals surface area (Å²) in [5, 5.41) is 0. The Bertz CT molecular complexity index is 1330. The molecule has 3 heterocycles. The lowest BCUT2D eigenvalue weighted by Crippen LogP contribution is -2.32. The number of nitrogens with zero attached hydrogens (tertiary/aromatic N) is 4. The Balaban J connectivity index is 2.46. The molecule has 0 aromatic carbocycles. The van der Waals surface area contributed by atoms with E-state index in [1.165, 1.54) is 20.0 Å². The van der Waals surface area contributed by atoms with Crippen molar-refractivity contribution in [2.24, 2.45) is 7.05 Å². The predicted molar refractivity (Wildman–Crippen MR) is 106 cm³/mol. The third-order valence-corrected chi connectivity index (χ3v) is 6.75. The number of fused-ring (bicyclic) bond motifs is 1. The zero-order valence-corrected chi connectivity index (χ0v) is 18.2. The molecule has 9 nitrogen and oxygen atoms in total. The highest BCUT2D eigenvalue weighted by molar-refractivity contribution is 9.10. The van der Waals surface area contributed by atoms with Gasteiger partial charge in [0, 0.05) is 7.05 Å². The molecular formula is C16H15BrF3N5O4S. The van der Waals surface area contributed by atoms with Gasteiger partial charge < -0.3 is 15.1 Å². The van der Waals surface area contributed by atoms with Gasteiger partial charge in [0.2, 0.25) is 0 Å². The highest BCUT2D eigenvalue weighted by Gasteiger charge is 2.37. The Morgan fingerprint density at radius 2 is 1.90 bits per heavy atom. The largest absolute Gasteiger partial charge is 0.435 e. The molecule has 0 atom stereocenters. The summed E-state index contributed by atoms with van der Waals surface area (Å²) in [6, 6.07) is 1.88. The van der Waals surface area contributed by atoms with Gasteiger partial charge in [-0.2, -0.15) is 13.2 Å². The zero-order chi connectivity index (χ0) is 22.6. The molecule has 3 aromatic heterocycles. The van der Waals surface area contributed by atoms with Crippen LogP contribution in [0.2, 0.25) is 0 Å². The molecule has 0 unspecified atom stereocenters. The second-order valence-electron chi connectivity index (χ2n) is 6.14. The average molecular weight is 510 g/mol. The average Bonchev–Trinajstić information content (AvgIpc) is 2.99. The van der Waals surface area contributed by atoms with Crippen LogP contribution in [0.4, 0.5) is 19.0 Å². The lowest BCUT2D eigenvalue weighted by Gasteiger charge is -2.13. The van der Waals surface area contributed by atoms with Crippen LogP contribution in [0.25, 0.3) is 22.6 Å². The number of aromatic nitrogens is 4. The molecule has 2 N–H and O–H groups in total. The van der Waals surface area contributed by atoms with E-state index in [0.29, 0.717) is 6.07 Å². The quantitative estimate of drug-likeness (QED) is 0.570. The number of sulfone groups is 1. The molecule has 0 amide bonds. The molecule has 0 aliphatic heterocycles. The van der Waals surface area contributed by atoms with Gasteiger partial charge in [-0.1, -0.05) is 6.92 Å². The van der Waals surface area contributed by atoms with Crippen LogP contribution in [0.1, 0.15) is 12.6 Å². The SMILES string of the molecule is CCS(=O)(=O)c1cc(Br)c(N)nc1-c1nc2cc(C(F)(F)F)n(OC)c(=O)c2n1C. The van der Waals surface area contributed by atoms with E-state index in [-0.39, 0.29) is 48.2 Å². The van der Waals surface area contributed by atoms with Crippen LogP contribution >= 0.6 is 15.9 Å². The molecule has 0 saturated heterocycles. The molecule has 0 aliphatic carbocycles. The molecule has 162 valence electrons. The smallest absolute Gasteiger partial charge is 0.413 e. The molecule has 14 heteroatoms. The molecule has 0 aliphatic rings. The van der Waals surface area contributed by atoms with Crippen LogP contribution in [-0.2, 0) is 23.1 Å². The first-order valence-corrected chi connectivity index (χ1v) is 10.7. The van der Waals surface area contributed by atoms with Crippen LogP contribution in [-0.4, -0.2) is 40.5 Å². The topological polar surface area (TPSA) is 122 Å². The summed E-state index contributed by atoms with van der Waals surface area (Å²) >= 11 is 3.12. The molecule has 0 spiro atoms. The molecule has 30 heavy (non-hydrogen) atoms. The highest BCUT2D eigenvalue weighted by atomic mass is 79.9. The lowest BCUT2D eigenvalue weighted by molar-refractivity contribution is -0.151. The Morgan fingerprint density at radius 3 is 2.43 bits per heavy atom. The number of nitrogens with two attached hydrogens (primary N) is 1. The number of nitrogen functional groups attached to an aromatic ring is 1. The van der Waals surface area contributed by atoms with E-state index in [4.69, 9.17) is 5.73 Å². The number of pyridine rings is 2. The van der Waals surface area contributed by atoms with Crippen molar-refractivity contribution in [3.8, 4) is 11.5 Å². The second kappa shape index (κ2) is 7.27. The van der Waals surface area contributed by atoms with Crippen molar-refractivity contribution in [2.45, 2.75) is 18.0 Å². The van der Waals surface area contributed by atoms with Crippen molar-refractivity contribution in [3.63, 3.8) is 0 Å². The first-order valence-electron chi connectivity index (χ1n) is 8.26. The summed E-state index contributed by atoms with van der Waals surface area (Å²) in [7, 11) is -1.55. The molecule has 3 aromatic rings. The minimum atomic E-state index is -4.89. The van der Waals surface area contributed by atoms with Crippen molar-refractivity contribution in [1.82, 2.24) is 19.3 Å². The van der Waals surface area contributed by atoms with Gasteiger partial charge in [0.1, 0.15) is 24.1 Å². The van der Waals surface area contributed by atoms with E-state index < -0.39 is 27.3 Å². The fraction of sp³-hybridized carbons (Fsp3) is 0.312. The standard InChI is InChI=1S/C16H15BrF3N5O4S/c1-4-30(27,28)9-5-7(17)13(21)23-11(9)14-22-8-6-10(16(18,19)20)25(29-3)15(26)12(8)24(14)2/h5-6H,4H2,1-3H3,(H2,21,23). The summed E-state index contributed by atoms with van der Waals surface area (Å²) in [6.07, 6.45) is -4.89. The molecule has 0 saturated carbocycles. The molecule has 0 bridgehead atoms. The molecular weight excluding hydrogens is 495 g/mol. The van der Waals surface area contributed by atoms with Gasteiger partial charge in [0.05, 0.1) is 20.6 Å². The third kappa shape index (κ3) is 3.43. The van der Waals surface area contributed by atoms with E-state index in [0.717, 1.165) is 11.7 Å². The lowest BCUT2D eigenvalue weighted by atomic mass is 10.3. The monoisotopic (exact) mass is 509 g/mol. The number of aryl methyl sites for hydroxylation is 1. The summed E-state index contributed by atoms with van der Waals surface area (Å²) < 4.78 is 66.6. The van der Waals surface area contributed by atoms with Gasteiger partial charge in [-0.25, -0.2) is 18.4 Å². The highest BCUT2D eigenvalue weighted by Crippen LogP contribution is 2.34. The number of hydrogen-bond donors (Lipinski definition) is 1. The van der Waals surface area contributed by atoms with Crippen LogP contribution in [0.15, 0.2) is 26.3 Å². The summed E-state index contributed by atoms with van der Waals surface area (Å²) in [6.45, 7) is 1.42. The first kappa shape index (κ1) is 22.1. The number of hydrogen-bond acceptors (Lipinski definition) is 7. The van der Waals surface area contributed by atoms with Gasteiger partial charge >= 0.3 is 11.7 Å². The van der Waals surface area contributed by atoms with Gasteiger partial charge in [-0.15, -0.1) is 4.73 Å². The third-order valence-electron chi connectivity index (χ3n) is 4.37. The van der Waals surface area contributed by atoms with Crippen molar-refractivity contribution < 1.29 is 26.4 Å². The van der Waals surface area contributed by atoms with Crippen LogP contribution < -0.4 is 16.1 Å². The fourth-order valence-electron chi connectivity index (χ4n) is 2.90. The fourth-order valence-corrected chi connectivity index (χ4v) is 4.41. The van der Waals surface area contributed by atoms with Crippen LogP contribution in [0.5, 0.6) is 0 Å². The Kier molecular flexibility index (Phi) is 5.35. The number of alkyl halides is 3. The Morgan fingerprint density at radius 1 is 1.27 bits per heavy atom. The minimum absolute atomic E-state index is 0.0580. The normalized spacial score (nSPS) is 12.5.